The Balaban J connectivity index is 2.87. The van der Waals surface area contributed by atoms with Crippen LogP contribution in [-0.4, -0.2) is 22.1 Å². The first-order chi connectivity index (χ1) is 8.00. The number of carboxylic acids is 1. The number of benzene rings is 1. The molecular weight excluding hydrogens is 234 g/mol. The Bertz CT molecular complexity index is 369. The largest absolute Gasteiger partial charge is 0.480 e. The van der Waals surface area contributed by atoms with Crippen molar-refractivity contribution in [3.05, 3.63) is 35.9 Å². The molecule has 0 aliphatic carbocycles. The molecule has 3 nitrogen and oxygen atoms in total. The molecule has 2 unspecified atom stereocenters. The van der Waals surface area contributed by atoms with E-state index >= 15 is 0 Å². The van der Waals surface area contributed by atoms with E-state index in [0.29, 0.717) is 16.6 Å². The smallest absolute Gasteiger partial charge is 0.329 e. The topological polar surface area (TPSA) is 63.3 Å². The van der Waals surface area contributed by atoms with E-state index in [1.54, 1.807) is 23.9 Å². The number of carboxylic acid groups (broad SMARTS) is 1. The third kappa shape index (κ3) is 3.48. The molecular formula is C13H19NO2S. The van der Waals surface area contributed by atoms with Crippen LogP contribution in [0.4, 0.5) is 0 Å². The maximum atomic E-state index is 11.4. The van der Waals surface area contributed by atoms with E-state index in [0.717, 1.165) is 6.42 Å². The molecule has 1 aromatic rings. The summed E-state index contributed by atoms with van der Waals surface area (Å²) >= 11 is 1.60. The van der Waals surface area contributed by atoms with Gasteiger partial charge in [-0.05, 0) is 12.0 Å². The highest BCUT2D eigenvalue weighted by molar-refractivity contribution is 7.99. The van der Waals surface area contributed by atoms with Gasteiger partial charge in [0.25, 0.3) is 0 Å². The highest BCUT2D eigenvalue weighted by Gasteiger charge is 2.36. The van der Waals surface area contributed by atoms with Crippen molar-refractivity contribution >= 4 is 17.7 Å². The Kier molecular flexibility index (Phi) is 5.02. The number of thioether (sulfide) groups is 1. The fourth-order valence-electron chi connectivity index (χ4n) is 1.40. The van der Waals surface area contributed by atoms with Gasteiger partial charge in [0.15, 0.2) is 0 Å². The van der Waals surface area contributed by atoms with E-state index in [4.69, 9.17) is 5.73 Å². The third-order valence-corrected chi connectivity index (χ3v) is 4.37. The van der Waals surface area contributed by atoms with Gasteiger partial charge in [-0.15, -0.1) is 0 Å². The van der Waals surface area contributed by atoms with Crippen LogP contribution in [0.5, 0.6) is 0 Å². The first-order valence-electron chi connectivity index (χ1n) is 5.70. The molecule has 0 fully saturated rings. The van der Waals surface area contributed by atoms with Crippen molar-refractivity contribution in [3.8, 4) is 0 Å². The summed E-state index contributed by atoms with van der Waals surface area (Å²) in [6.45, 7) is 4.16. The first kappa shape index (κ1) is 14.1. The van der Waals surface area contributed by atoms with Crippen LogP contribution in [0.2, 0.25) is 0 Å². The number of carbonyl (C=O) groups is 1. The lowest BCUT2D eigenvalue weighted by Gasteiger charge is -2.26. The Morgan fingerprint density at radius 1 is 1.47 bits per heavy atom. The monoisotopic (exact) mass is 253 g/mol. The molecule has 0 saturated heterocycles. The second kappa shape index (κ2) is 6.07. The van der Waals surface area contributed by atoms with Crippen LogP contribution in [-0.2, 0) is 10.3 Å². The molecule has 0 heterocycles. The lowest BCUT2D eigenvalue weighted by Crippen LogP contribution is -2.47. The Hall–Kier alpha value is -1.00. The van der Waals surface area contributed by atoms with Gasteiger partial charge >= 0.3 is 5.97 Å². The average Bonchev–Trinajstić information content (AvgIpc) is 2.36. The highest BCUT2D eigenvalue weighted by atomic mass is 32.2. The maximum absolute atomic E-state index is 11.4. The maximum Gasteiger partial charge on any atom is 0.329 e. The number of nitrogens with two attached hydrogens (primary N) is 1. The first-order valence-corrected chi connectivity index (χ1v) is 6.75. The van der Waals surface area contributed by atoms with Crippen molar-refractivity contribution in [2.24, 2.45) is 5.73 Å². The summed E-state index contributed by atoms with van der Waals surface area (Å²) < 4.78 is 0. The molecule has 0 aliphatic heterocycles. The van der Waals surface area contributed by atoms with E-state index in [1.165, 1.54) is 0 Å². The summed E-state index contributed by atoms with van der Waals surface area (Å²) in [6, 6.07) is 9.02. The quantitative estimate of drug-likeness (QED) is 0.817. The number of rotatable bonds is 6. The van der Waals surface area contributed by atoms with Gasteiger partial charge in [0.2, 0.25) is 0 Å². The van der Waals surface area contributed by atoms with Crippen molar-refractivity contribution in [3.63, 3.8) is 0 Å². The molecule has 0 amide bonds. The Labute approximate surface area is 106 Å². The summed E-state index contributed by atoms with van der Waals surface area (Å²) in [7, 11) is 0. The minimum absolute atomic E-state index is 0.390. The fourth-order valence-corrected chi connectivity index (χ4v) is 2.47. The summed E-state index contributed by atoms with van der Waals surface area (Å²) in [5.74, 6) is -0.582. The lowest BCUT2D eigenvalue weighted by atomic mass is 9.93. The molecule has 1 rings (SSSR count). The van der Waals surface area contributed by atoms with Crippen molar-refractivity contribution in [1.29, 1.82) is 0 Å². The molecule has 94 valence electrons. The molecule has 0 saturated carbocycles. The lowest BCUT2D eigenvalue weighted by molar-refractivity contribution is -0.142. The van der Waals surface area contributed by atoms with E-state index in [9.17, 15) is 9.90 Å². The minimum atomic E-state index is -1.30. The number of hydrogen-bond donors (Lipinski definition) is 2. The molecule has 0 spiro atoms. The molecule has 0 aliphatic rings. The number of aliphatic carboxylic acids is 1. The number of hydrogen-bond acceptors (Lipinski definition) is 3. The predicted octanol–water partition coefficient (Wildman–Crippen LogP) is 2.46. The zero-order valence-electron chi connectivity index (χ0n) is 10.2. The molecule has 0 aromatic heterocycles. The molecule has 3 N–H and O–H groups in total. The van der Waals surface area contributed by atoms with Crippen molar-refractivity contribution in [2.45, 2.75) is 31.1 Å². The van der Waals surface area contributed by atoms with Crippen LogP contribution in [0.25, 0.3) is 0 Å². The molecule has 2 atom stereocenters. The van der Waals surface area contributed by atoms with Crippen LogP contribution < -0.4 is 5.73 Å². The van der Waals surface area contributed by atoms with E-state index in [1.807, 2.05) is 18.2 Å². The van der Waals surface area contributed by atoms with E-state index in [2.05, 4.69) is 13.8 Å². The summed E-state index contributed by atoms with van der Waals surface area (Å²) in [6.07, 6.45) is 1.01. The van der Waals surface area contributed by atoms with Gasteiger partial charge in [-0.3, -0.25) is 0 Å². The second-order valence-electron chi connectivity index (χ2n) is 4.17. The van der Waals surface area contributed by atoms with Gasteiger partial charge in [0.05, 0.1) is 0 Å². The summed E-state index contributed by atoms with van der Waals surface area (Å²) in [5.41, 5.74) is 5.40. The van der Waals surface area contributed by atoms with E-state index < -0.39 is 11.5 Å². The van der Waals surface area contributed by atoms with Crippen LogP contribution in [0, 0.1) is 0 Å². The Morgan fingerprint density at radius 3 is 2.53 bits per heavy atom. The zero-order chi connectivity index (χ0) is 12.9. The van der Waals surface area contributed by atoms with Crippen molar-refractivity contribution < 1.29 is 9.90 Å². The molecule has 4 heteroatoms. The highest BCUT2D eigenvalue weighted by Crippen LogP contribution is 2.26. The summed E-state index contributed by atoms with van der Waals surface area (Å²) in [4.78, 5) is 11.4. The second-order valence-corrected chi connectivity index (χ2v) is 5.60. The van der Waals surface area contributed by atoms with Gasteiger partial charge in [-0.1, -0.05) is 44.2 Å². The van der Waals surface area contributed by atoms with Gasteiger partial charge in [0.1, 0.15) is 5.54 Å². The van der Waals surface area contributed by atoms with Crippen LogP contribution in [0.15, 0.2) is 30.3 Å². The molecule has 0 radical (unpaired) electrons. The van der Waals surface area contributed by atoms with Crippen LogP contribution in [0.1, 0.15) is 25.8 Å². The van der Waals surface area contributed by atoms with E-state index in [-0.39, 0.29) is 0 Å². The standard InChI is InChI=1S/C13H19NO2S/c1-3-10(2)17-9-13(14,12(15)16)11-7-5-4-6-8-11/h4-8,10H,3,9,14H2,1-2H3,(H,15,16). The Morgan fingerprint density at radius 2 is 2.06 bits per heavy atom. The van der Waals surface area contributed by atoms with Gasteiger partial charge < -0.3 is 10.8 Å². The molecule has 17 heavy (non-hydrogen) atoms. The van der Waals surface area contributed by atoms with Crippen LogP contribution in [0.3, 0.4) is 0 Å². The van der Waals surface area contributed by atoms with Gasteiger partial charge in [0, 0.05) is 11.0 Å². The van der Waals surface area contributed by atoms with Crippen LogP contribution >= 0.6 is 11.8 Å². The zero-order valence-corrected chi connectivity index (χ0v) is 11.0. The SMILES string of the molecule is CCC(C)SCC(N)(C(=O)O)c1ccccc1. The predicted molar refractivity (Wildman–Crippen MR) is 72.2 cm³/mol. The van der Waals surface area contributed by atoms with Crippen molar-refractivity contribution in [2.75, 3.05) is 5.75 Å². The normalized spacial score (nSPS) is 16.2. The fraction of sp³-hybridized carbons (Fsp3) is 0.462. The average molecular weight is 253 g/mol. The molecule has 1 aromatic carbocycles. The summed E-state index contributed by atoms with van der Waals surface area (Å²) in [5, 5.41) is 9.75. The van der Waals surface area contributed by atoms with Crippen molar-refractivity contribution in [1.82, 2.24) is 0 Å². The van der Waals surface area contributed by atoms with Gasteiger partial charge in [-0.25, -0.2) is 4.79 Å². The minimum Gasteiger partial charge on any atom is -0.480 e. The molecule has 0 bridgehead atoms. The third-order valence-electron chi connectivity index (χ3n) is 2.84. The van der Waals surface area contributed by atoms with Gasteiger partial charge in [-0.2, -0.15) is 11.8 Å².